The predicted octanol–water partition coefficient (Wildman–Crippen LogP) is 2.82. The van der Waals surface area contributed by atoms with Crippen LogP contribution in [0.5, 0.6) is 17.2 Å². The average molecular weight is 285 g/mol. The summed E-state index contributed by atoms with van der Waals surface area (Å²) in [5.41, 5.74) is 9.49. The van der Waals surface area contributed by atoms with Crippen molar-refractivity contribution < 1.29 is 14.2 Å². The summed E-state index contributed by atoms with van der Waals surface area (Å²) in [5.74, 6) is 2.41. The van der Waals surface area contributed by atoms with E-state index < -0.39 is 0 Å². The number of aryl methyl sites for hydroxylation is 1. The summed E-state index contributed by atoms with van der Waals surface area (Å²) in [7, 11) is 1.67. The van der Waals surface area contributed by atoms with Crippen LogP contribution in [0.2, 0.25) is 0 Å². The highest BCUT2D eigenvalue weighted by Gasteiger charge is 2.16. The van der Waals surface area contributed by atoms with E-state index in [-0.39, 0.29) is 6.04 Å². The van der Waals surface area contributed by atoms with Crippen molar-refractivity contribution >= 4 is 0 Å². The van der Waals surface area contributed by atoms with Crippen LogP contribution < -0.4 is 19.9 Å². The second-order valence-corrected chi connectivity index (χ2v) is 5.11. The SMILES string of the molecule is COc1ccc(C(N)c2ccc3c(c2)OCCO3)cc1C. The Morgan fingerprint density at radius 1 is 1.00 bits per heavy atom. The minimum absolute atomic E-state index is 0.203. The van der Waals surface area contributed by atoms with Crippen LogP contribution in [0.4, 0.5) is 0 Å². The minimum atomic E-state index is -0.203. The molecule has 0 bridgehead atoms. The van der Waals surface area contributed by atoms with Crippen molar-refractivity contribution in [1.82, 2.24) is 0 Å². The van der Waals surface area contributed by atoms with Gasteiger partial charge in [0.1, 0.15) is 19.0 Å². The molecule has 1 aliphatic rings. The summed E-state index contributed by atoms with van der Waals surface area (Å²) in [5, 5.41) is 0. The third kappa shape index (κ3) is 2.67. The molecule has 1 unspecified atom stereocenters. The van der Waals surface area contributed by atoms with Crippen LogP contribution in [0, 0.1) is 6.92 Å². The maximum atomic E-state index is 6.37. The number of nitrogens with two attached hydrogens (primary N) is 1. The van der Waals surface area contributed by atoms with Crippen molar-refractivity contribution in [2.75, 3.05) is 20.3 Å². The monoisotopic (exact) mass is 285 g/mol. The first-order valence-electron chi connectivity index (χ1n) is 6.98. The quantitative estimate of drug-likeness (QED) is 0.942. The lowest BCUT2D eigenvalue weighted by Crippen LogP contribution is -2.17. The third-order valence-electron chi connectivity index (χ3n) is 3.70. The van der Waals surface area contributed by atoms with Crippen LogP contribution in [-0.2, 0) is 0 Å². The van der Waals surface area contributed by atoms with Gasteiger partial charge in [0.15, 0.2) is 11.5 Å². The smallest absolute Gasteiger partial charge is 0.161 e. The Balaban J connectivity index is 1.91. The van der Waals surface area contributed by atoms with Gasteiger partial charge in [-0.2, -0.15) is 0 Å². The van der Waals surface area contributed by atoms with Gasteiger partial charge in [-0.25, -0.2) is 0 Å². The molecule has 2 aromatic rings. The Kier molecular flexibility index (Phi) is 3.71. The highest BCUT2D eigenvalue weighted by molar-refractivity contribution is 5.47. The molecule has 0 spiro atoms. The molecule has 1 atom stereocenters. The van der Waals surface area contributed by atoms with Gasteiger partial charge >= 0.3 is 0 Å². The zero-order valence-corrected chi connectivity index (χ0v) is 12.3. The molecule has 0 saturated heterocycles. The number of hydrogen-bond donors (Lipinski definition) is 1. The summed E-state index contributed by atoms with van der Waals surface area (Å²) in [6.07, 6.45) is 0. The molecule has 0 aromatic heterocycles. The van der Waals surface area contributed by atoms with Crippen LogP contribution >= 0.6 is 0 Å². The van der Waals surface area contributed by atoms with E-state index in [1.165, 1.54) is 0 Å². The van der Waals surface area contributed by atoms with Crippen LogP contribution in [0.15, 0.2) is 36.4 Å². The fourth-order valence-electron chi connectivity index (χ4n) is 2.54. The lowest BCUT2D eigenvalue weighted by Gasteiger charge is -2.21. The van der Waals surface area contributed by atoms with Crippen molar-refractivity contribution in [2.24, 2.45) is 5.73 Å². The fourth-order valence-corrected chi connectivity index (χ4v) is 2.54. The first kappa shape index (κ1) is 13.8. The Labute approximate surface area is 124 Å². The first-order chi connectivity index (χ1) is 10.2. The third-order valence-corrected chi connectivity index (χ3v) is 3.70. The number of hydrogen-bond acceptors (Lipinski definition) is 4. The molecule has 4 nitrogen and oxygen atoms in total. The molecule has 4 heteroatoms. The molecule has 1 heterocycles. The largest absolute Gasteiger partial charge is 0.496 e. The van der Waals surface area contributed by atoms with Crippen LogP contribution in [0.25, 0.3) is 0 Å². The van der Waals surface area contributed by atoms with Gasteiger partial charge in [0, 0.05) is 0 Å². The van der Waals surface area contributed by atoms with Gasteiger partial charge in [-0.15, -0.1) is 0 Å². The van der Waals surface area contributed by atoms with E-state index in [0.717, 1.165) is 33.9 Å². The second kappa shape index (κ2) is 5.66. The van der Waals surface area contributed by atoms with Crippen LogP contribution in [0.3, 0.4) is 0 Å². The van der Waals surface area contributed by atoms with Crippen molar-refractivity contribution in [3.63, 3.8) is 0 Å². The van der Waals surface area contributed by atoms with Gasteiger partial charge in [-0.3, -0.25) is 0 Å². The number of methoxy groups -OCH3 is 1. The minimum Gasteiger partial charge on any atom is -0.496 e. The molecule has 0 saturated carbocycles. The summed E-state index contributed by atoms with van der Waals surface area (Å²) in [4.78, 5) is 0. The van der Waals surface area contributed by atoms with Gasteiger partial charge in [-0.1, -0.05) is 18.2 Å². The van der Waals surface area contributed by atoms with E-state index in [4.69, 9.17) is 19.9 Å². The fraction of sp³-hybridized carbons (Fsp3) is 0.294. The Bertz CT molecular complexity index is 654. The number of rotatable bonds is 3. The van der Waals surface area contributed by atoms with Gasteiger partial charge in [0.25, 0.3) is 0 Å². The predicted molar refractivity (Wildman–Crippen MR) is 81.2 cm³/mol. The van der Waals surface area contributed by atoms with Crippen molar-refractivity contribution in [2.45, 2.75) is 13.0 Å². The Hall–Kier alpha value is -2.20. The number of benzene rings is 2. The van der Waals surface area contributed by atoms with E-state index in [2.05, 4.69) is 6.07 Å². The summed E-state index contributed by atoms with van der Waals surface area (Å²) in [6.45, 7) is 3.18. The average Bonchev–Trinajstić information content (AvgIpc) is 2.53. The molecule has 2 aromatic carbocycles. The molecule has 2 N–H and O–H groups in total. The van der Waals surface area contributed by atoms with Crippen molar-refractivity contribution in [3.8, 4) is 17.2 Å². The second-order valence-electron chi connectivity index (χ2n) is 5.11. The molecule has 1 aliphatic heterocycles. The van der Waals surface area contributed by atoms with Crippen molar-refractivity contribution in [1.29, 1.82) is 0 Å². The highest BCUT2D eigenvalue weighted by atomic mass is 16.6. The molecule has 0 fully saturated rings. The van der Waals surface area contributed by atoms with E-state index in [0.29, 0.717) is 13.2 Å². The Morgan fingerprint density at radius 3 is 2.38 bits per heavy atom. The van der Waals surface area contributed by atoms with Gasteiger partial charge < -0.3 is 19.9 Å². The first-order valence-corrected chi connectivity index (χ1v) is 6.98. The highest BCUT2D eigenvalue weighted by Crippen LogP contribution is 2.34. The molecular formula is C17H19NO3. The molecule has 0 aliphatic carbocycles. The molecule has 0 amide bonds. The van der Waals surface area contributed by atoms with E-state index >= 15 is 0 Å². The molecule has 3 rings (SSSR count). The lowest BCUT2D eigenvalue weighted by molar-refractivity contribution is 0.171. The Morgan fingerprint density at radius 2 is 1.67 bits per heavy atom. The molecule has 0 radical (unpaired) electrons. The zero-order valence-electron chi connectivity index (χ0n) is 12.3. The number of fused-ring (bicyclic) bond motifs is 1. The van der Waals surface area contributed by atoms with Gasteiger partial charge in [-0.05, 0) is 41.8 Å². The molecular weight excluding hydrogens is 266 g/mol. The molecule has 21 heavy (non-hydrogen) atoms. The van der Waals surface area contributed by atoms with Crippen LogP contribution in [0.1, 0.15) is 22.7 Å². The summed E-state index contributed by atoms with van der Waals surface area (Å²) < 4.78 is 16.4. The maximum Gasteiger partial charge on any atom is 0.161 e. The van der Waals surface area contributed by atoms with E-state index in [9.17, 15) is 0 Å². The lowest BCUT2D eigenvalue weighted by atomic mass is 9.97. The standard InChI is InChI=1S/C17H19NO3/c1-11-9-12(3-5-14(11)19-2)17(18)13-4-6-15-16(10-13)21-8-7-20-15/h3-6,9-10,17H,7-8,18H2,1-2H3. The summed E-state index contributed by atoms with van der Waals surface area (Å²) in [6, 6.07) is 11.7. The molecule has 110 valence electrons. The van der Waals surface area contributed by atoms with Crippen LogP contribution in [-0.4, -0.2) is 20.3 Å². The zero-order chi connectivity index (χ0) is 14.8. The van der Waals surface area contributed by atoms with E-state index in [1.807, 2.05) is 37.3 Å². The van der Waals surface area contributed by atoms with E-state index in [1.54, 1.807) is 7.11 Å². The normalized spacial score (nSPS) is 14.6. The maximum absolute atomic E-state index is 6.37. The topological polar surface area (TPSA) is 53.7 Å². The van der Waals surface area contributed by atoms with Gasteiger partial charge in [0.05, 0.1) is 13.2 Å². The number of ether oxygens (including phenoxy) is 3. The summed E-state index contributed by atoms with van der Waals surface area (Å²) >= 11 is 0. The van der Waals surface area contributed by atoms with Crippen molar-refractivity contribution in [3.05, 3.63) is 53.1 Å². The van der Waals surface area contributed by atoms with Gasteiger partial charge in [0.2, 0.25) is 0 Å².